The molecule has 0 aliphatic carbocycles. The molecule has 1 heteroatoms. The molecule has 1 atom stereocenters. The molecular formula is C20H27N. The minimum atomic E-state index is 0.642. The third-order valence-electron chi connectivity index (χ3n) is 4.14. The van der Waals surface area contributed by atoms with E-state index < -0.39 is 0 Å². The van der Waals surface area contributed by atoms with Crippen LogP contribution in [0.1, 0.15) is 56.2 Å². The molecule has 0 fully saturated rings. The maximum Gasteiger partial charge on any atom is 0.0302 e. The number of hydrogen-bond acceptors (Lipinski definition) is 1. The van der Waals surface area contributed by atoms with Crippen LogP contribution in [-0.4, -0.2) is 4.98 Å². The smallest absolute Gasteiger partial charge is 0.0302 e. The molecule has 0 amide bonds. The minimum absolute atomic E-state index is 0.642. The lowest BCUT2D eigenvalue weighted by Gasteiger charge is -2.22. The van der Waals surface area contributed by atoms with Crippen LogP contribution in [0.4, 0.5) is 0 Å². The Morgan fingerprint density at radius 1 is 1.05 bits per heavy atom. The third-order valence-corrected chi connectivity index (χ3v) is 4.14. The van der Waals surface area contributed by atoms with Crippen LogP contribution < -0.4 is 0 Å². The summed E-state index contributed by atoms with van der Waals surface area (Å²) in [4.78, 5) is 4.30. The zero-order valence-electron chi connectivity index (χ0n) is 13.5. The van der Waals surface area contributed by atoms with Crippen LogP contribution in [0, 0.1) is 5.92 Å². The molecule has 21 heavy (non-hydrogen) atoms. The summed E-state index contributed by atoms with van der Waals surface area (Å²) in [6.07, 6.45) is 8.70. The molecule has 0 N–H and O–H groups in total. The average Bonchev–Trinajstić information content (AvgIpc) is 2.52. The van der Waals surface area contributed by atoms with Crippen molar-refractivity contribution in [2.75, 3.05) is 0 Å². The second-order valence-electron chi connectivity index (χ2n) is 6.28. The first-order chi connectivity index (χ1) is 10.2. The summed E-state index contributed by atoms with van der Waals surface area (Å²) in [6.45, 7) is 6.87. The maximum atomic E-state index is 4.30. The van der Waals surface area contributed by atoms with Crippen LogP contribution in [-0.2, 0) is 12.8 Å². The highest BCUT2D eigenvalue weighted by Crippen LogP contribution is 2.30. The highest BCUT2D eigenvalue weighted by atomic mass is 14.6. The lowest BCUT2D eigenvalue weighted by molar-refractivity contribution is 0.474. The lowest BCUT2D eigenvalue weighted by atomic mass is 9.84. The Bertz CT molecular complexity index is 531. The van der Waals surface area contributed by atoms with E-state index in [1.807, 2.05) is 12.4 Å². The van der Waals surface area contributed by atoms with Crippen molar-refractivity contribution in [3.63, 3.8) is 0 Å². The SMILES string of the molecule is CCc1cnccc1C(CCc1ccccc1)CC(C)C. The molecular weight excluding hydrogens is 254 g/mol. The zero-order chi connectivity index (χ0) is 15.1. The molecule has 0 spiro atoms. The number of hydrogen-bond donors (Lipinski definition) is 0. The fourth-order valence-corrected chi connectivity index (χ4v) is 3.09. The number of pyridine rings is 1. The Hall–Kier alpha value is -1.63. The van der Waals surface area contributed by atoms with Gasteiger partial charge in [0, 0.05) is 12.4 Å². The van der Waals surface area contributed by atoms with Crippen molar-refractivity contribution in [1.82, 2.24) is 4.98 Å². The molecule has 112 valence electrons. The second-order valence-corrected chi connectivity index (χ2v) is 6.28. The van der Waals surface area contributed by atoms with E-state index in [4.69, 9.17) is 0 Å². The molecule has 1 aromatic heterocycles. The van der Waals surface area contributed by atoms with Gasteiger partial charge in [0.1, 0.15) is 0 Å². The number of aryl methyl sites for hydroxylation is 2. The summed E-state index contributed by atoms with van der Waals surface area (Å²) in [5.41, 5.74) is 4.37. The lowest BCUT2D eigenvalue weighted by Crippen LogP contribution is -2.08. The van der Waals surface area contributed by atoms with Gasteiger partial charge in [0.05, 0.1) is 0 Å². The summed E-state index contributed by atoms with van der Waals surface area (Å²) in [6, 6.07) is 13.1. The minimum Gasteiger partial charge on any atom is -0.264 e. The first kappa shape index (κ1) is 15.8. The van der Waals surface area contributed by atoms with Crippen molar-refractivity contribution < 1.29 is 0 Å². The predicted molar refractivity (Wildman–Crippen MR) is 90.6 cm³/mol. The molecule has 2 aromatic rings. The highest BCUT2D eigenvalue weighted by molar-refractivity contribution is 5.28. The molecule has 2 rings (SSSR count). The first-order valence-electron chi connectivity index (χ1n) is 8.17. The highest BCUT2D eigenvalue weighted by Gasteiger charge is 2.16. The molecule has 0 radical (unpaired) electrons. The zero-order valence-corrected chi connectivity index (χ0v) is 13.5. The van der Waals surface area contributed by atoms with Gasteiger partial charge in [-0.15, -0.1) is 0 Å². The summed E-state index contributed by atoms with van der Waals surface area (Å²) < 4.78 is 0. The van der Waals surface area contributed by atoms with E-state index in [-0.39, 0.29) is 0 Å². The molecule has 1 nitrogen and oxygen atoms in total. The Balaban J connectivity index is 2.14. The van der Waals surface area contributed by atoms with Gasteiger partial charge in [-0.05, 0) is 60.3 Å². The summed E-state index contributed by atoms with van der Waals surface area (Å²) in [5.74, 6) is 1.37. The van der Waals surface area contributed by atoms with Crippen LogP contribution in [0.2, 0.25) is 0 Å². The number of aromatic nitrogens is 1. The van der Waals surface area contributed by atoms with E-state index >= 15 is 0 Å². The molecule has 0 aliphatic rings. The van der Waals surface area contributed by atoms with Gasteiger partial charge in [-0.2, -0.15) is 0 Å². The number of benzene rings is 1. The van der Waals surface area contributed by atoms with E-state index in [0.29, 0.717) is 5.92 Å². The van der Waals surface area contributed by atoms with Gasteiger partial charge in [-0.25, -0.2) is 0 Å². The fourth-order valence-electron chi connectivity index (χ4n) is 3.09. The van der Waals surface area contributed by atoms with Crippen molar-refractivity contribution in [2.24, 2.45) is 5.92 Å². The normalized spacial score (nSPS) is 12.6. The Morgan fingerprint density at radius 3 is 2.48 bits per heavy atom. The third kappa shape index (κ3) is 4.70. The molecule has 0 bridgehead atoms. The van der Waals surface area contributed by atoms with Gasteiger partial charge in [-0.3, -0.25) is 4.98 Å². The van der Waals surface area contributed by atoms with Gasteiger partial charge in [0.2, 0.25) is 0 Å². The second kappa shape index (κ2) is 7.97. The molecule has 1 aromatic carbocycles. The van der Waals surface area contributed by atoms with Gasteiger partial charge < -0.3 is 0 Å². The van der Waals surface area contributed by atoms with Crippen molar-refractivity contribution in [3.05, 3.63) is 65.5 Å². The van der Waals surface area contributed by atoms with Crippen LogP contribution in [0.15, 0.2) is 48.8 Å². The topological polar surface area (TPSA) is 12.9 Å². The van der Waals surface area contributed by atoms with Crippen molar-refractivity contribution in [3.8, 4) is 0 Å². The summed E-state index contributed by atoms with van der Waals surface area (Å²) in [7, 11) is 0. The van der Waals surface area contributed by atoms with Crippen molar-refractivity contribution in [2.45, 2.75) is 52.4 Å². The van der Waals surface area contributed by atoms with E-state index in [1.165, 1.54) is 29.5 Å². The maximum absolute atomic E-state index is 4.30. The summed E-state index contributed by atoms with van der Waals surface area (Å²) >= 11 is 0. The van der Waals surface area contributed by atoms with E-state index in [1.54, 1.807) is 0 Å². The monoisotopic (exact) mass is 281 g/mol. The molecule has 0 aliphatic heterocycles. The number of nitrogens with zero attached hydrogens (tertiary/aromatic N) is 1. The van der Waals surface area contributed by atoms with Gasteiger partial charge in [0.15, 0.2) is 0 Å². The number of rotatable bonds is 7. The van der Waals surface area contributed by atoms with Crippen LogP contribution in [0.3, 0.4) is 0 Å². The molecule has 0 saturated heterocycles. The van der Waals surface area contributed by atoms with Crippen molar-refractivity contribution in [1.29, 1.82) is 0 Å². The van der Waals surface area contributed by atoms with E-state index in [0.717, 1.165) is 18.8 Å². The summed E-state index contributed by atoms with van der Waals surface area (Å²) in [5, 5.41) is 0. The largest absolute Gasteiger partial charge is 0.264 e. The quantitative estimate of drug-likeness (QED) is 0.661. The van der Waals surface area contributed by atoms with Gasteiger partial charge >= 0.3 is 0 Å². The van der Waals surface area contributed by atoms with Gasteiger partial charge in [-0.1, -0.05) is 51.1 Å². The standard InChI is InChI=1S/C20H27N/c1-4-18-15-21-13-12-20(18)19(14-16(2)3)11-10-17-8-6-5-7-9-17/h5-9,12-13,15-16,19H,4,10-11,14H2,1-3H3. The Morgan fingerprint density at radius 2 is 1.81 bits per heavy atom. The Kier molecular flexibility index (Phi) is 5.98. The average molecular weight is 281 g/mol. The van der Waals surface area contributed by atoms with Gasteiger partial charge in [0.25, 0.3) is 0 Å². The van der Waals surface area contributed by atoms with Crippen LogP contribution >= 0.6 is 0 Å². The molecule has 0 saturated carbocycles. The molecule has 1 heterocycles. The van der Waals surface area contributed by atoms with Crippen LogP contribution in [0.25, 0.3) is 0 Å². The first-order valence-corrected chi connectivity index (χ1v) is 8.17. The predicted octanol–water partition coefficient (Wildman–Crippen LogP) is 5.41. The Labute approximate surface area is 129 Å². The molecule has 1 unspecified atom stereocenters. The van der Waals surface area contributed by atoms with Crippen LogP contribution in [0.5, 0.6) is 0 Å². The fraction of sp³-hybridized carbons (Fsp3) is 0.450. The van der Waals surface area contributed by atoms with Crippen molar-refractivity contribution >= 4 is 0 Å². The van der Waals surface area contributed by atoms with E-state index in [2.05, 4.69) is 62.2 Å². The van der Waals surface area contributed by atoms with E-state index in [9.17, 15) is 0 Å².